The fourth-order valence-corrected chi connectivity index (χ4v) is 5.39. The number of amides is 2. The summed E-state index contributed by atoms with van der Waals surface area (Å²) in [5, 5.41) is 35.2. The molecule has 0 bridgehead atoms. The van der Waals surface area contributed by atoms with E-state index in [4.69, 9.17) is 9.84 Å². The molecule has 2 aromatic rings. The number of carbonyl (C=O) groups is 2. The second kappa shape index (κ2) is 11.2. The highest BCUT2D eigenvalue weighted by Gasteiger charge is 2.27. The van der Waals surface area contributed by atoms with Crippen molar-refractivity contribution in [3.05, 3.63) is 44.5 Å². The van der Waals surface area contributed by atoms with Crippen LogP contribution in [-0.2, 0) is 22.4 Å². The van der Waals surface area contributed by atoms with Crippen molar-refractivity contribution >= 4 is 45.8 Å². The molecule has 3 N–H and O–H groups in total. The SMILES string of the molecule is CN(CC(O)CO)C(=O)OCC1CCc2c(sc(NC(=O)/C=C/c3ccsc3)c2C#N)C1. The van der Waals surface area contributed by atoms with Crippen LogP contribution in [0.1, 0.15) is 28.0 Å². The third kappa shape index (κ3) is 6.17. The Morgan fingerprint density at radius 3 is 3.00 bits per heavy atom. The number of fused-ring (bicyclic) bond motifs is 1. The van der Waals surface area contributed by atoms with E-state index in [0.29, 0.717) is 23.4 Å². The highest BCUT2D eigenvalue weighted by atomic mass is 32.1. The quantitative estimate of drug-likeness (QED) is 0.505. The van der Waals surface area contributed by atoms with Gasteiger partial charge in [-0.3, -0.25) is 4.79 Å². The summed E-state index contributed by atoms with van der Waals surface area (Å²) < 4.78 is 5.35. The van der Waals surface area contributed by atoms with Gasteiger partial charge in [-0.2, -0.15) is 16.6 Å². The van der Waals surface area contributed by atoms with Crippen molar-refractivity contribution in [1.82, 2.24) is 4.90 Å². The molecule has 0 fully saturated rings. The van der Waals surface area contributed by atoms with Crippen LogP contribution in [0.4, 0.5) is 9.80 Å². The number of nitrogens with one attached hydrogen (secondary N) is 1. The summed E-state index contributed by atoms with van der Waals surface area (Å²) in [6.07, 6.45) is 3.72. The summed E-state index contributed by atoms with van der Waals surface area (Å²) in [7, 11) is 1.50. The average Bonchev–Trinajstić information content (AvgIpc) is 3.42. The number of likely N-dealkylation sites (N-methyl/N-ethyl adjacent to an activating group) is 1. The van der Waals surface area contributed by atoms with E-state index in [2.05, 4.69) is 11.4 Å². The minimum atomic E-state index is -1.01. The van der Waals surface area contributed by atoms with E-state index in [9.17, 15) is 20.0 Å². The van der Waals surface area contributed by atoms with E-state index >= 15 is 0 Å². The zero-order valence-electron chi connectivity index (χ0n) is 17.6. The zero-order valence-corrected chi connectivity index (χ0v) is 19.2. The maximum atomic E-state index is 12.3. The van der Waals surface area contributed by atoms with Gasteiger partial charge in [0.1, 0.15) is 11.1 Å². The number of hydrogen-bond acceptors (Lipinski definition) is 8. The molecular formula is C22H25N3O5S2. The van der Waals surface area contributed by atoms with Crippen LogP contribution in [0.2, 0.25) is 0 Å². The first-order valence-electron chi connectivity index (χ1n) is 10.1. The van der Waals surface area contributed by atoms with E-state index in [1.54, 1.807) is 17.4 Å². The number of aliphatic hydroxyl groups excluding tert-OH is 2. The second-order valence-electron chi connectivity index (χ2n) is 7.60. The number of ether oxygens (including phenoxy) is 1. The number of anilines is 1. The molecule has 10 heteroatoms. The molecule has 0 spiro atoms. The van der Waals surface area contributed by atoms with Crippen LogP contribution in [0, 0.1) is 17.2 Å². The highest BCUT2D eigenvalue weighted by Crippen LogP contribution is 2.39. The minimum absolute atomic E-state index is 0.00941. The van der Waals surface area contributed by atoms with Crippen molar-refractivity contribution < 1.29 is 24.5 Å². The van der Waals surface area contributed by atoms with E-state index in [1.807, 2.05) is 16.8 Å². The number of rotatable bonds is 8. The molecule has 0 radical (unpaired) electrons. The number of aliphatic hydroxyl groups is 2. The number of carbonyl (C=O) groups excluding carboxylic acids is 2. The lowest BCUT2D eigenvalue weighted by Crippen LogP contribution is -2.37. The molecular weight excluding hydrogens is 450 g/mol. The van der Waals surface area contributed by atoms with Crippen LogP contribution in [0.25, 0.3) is 6.08 Å². The van der Waals surface area contributed by atoms with Crippen molar-refractivity contribution in [2.45, 2.75) is 25.4 Å². The Hall–Kier alpha value is -2.71. The molecule has 3 rings (SSSR count). The van der Waals surface area contributed by atoms with Gasteiger partial charge >= 0.3 is 6.09 Å². The Labute approximate surface area is 194 Å². The lowest BCUT2D eigenvalue weighted by Gasteiger charge is -2.24. The molecule has 0 saturated carbocycles. The monoisotopic (exact) mass is 475 g/mol. The van der Waals surface area contributed by atoms with Crippen molar-refractivity contribution in [1.29, 1.82) is 5.26 Å². The number of thiophene rings is 2. The molecule has 170 valence electrons. The van der Waals surface area contributed by atoms with Crippen LogP contribution >= 0.6 is 22.7 Å². The van der Waals surface area contributed by atoms with Gasteiger partial charge in [0, 0.05) is 18.0 Å². The summed E-state index contributed by atoms with van der Waals surface area (Å²) >= 11 is 2.95. The van der Waals surface area contributed by atoms with E-state index in [1.165, 1.54) is 29.4 Å². The Morgan fingerprint density at radius 2 is 2.31 bits per heavy atom. The normalized spacial score (nSPS) is 16.2. The first-order valence-corrected chi connectivity index (χ1v) is 11.9. The van der Waals surface area contributed by atoms with E-state index in [0.717, 1.165) is 22.4 Å². The maximum absolute atomic E-state index is 12.3. The lowest BCUT2D eigenvalue weighted by atomic mass is 9.88. The molecule has 2 heterocycles. The predicted molar refractivity (Wildman–Crippen MR) is 124 cm³/mol. The summed E-state index contributed by atoms with van der Waals surface area (Å²) in [6.45, 7) is -0.210. The van der Waals surface area contributed by atoms with Crippen LogP contribution in [0.5, 0.6) is 0 Å². The van der Waals surface area contributed by atoms with Gasteiger partial charge in [0.15, 0.2) is 0 Å². The van der Waals surface area contributed by atoms with Gasteiger partial charge in [0.25, 0.3) is 0 Å². The third-order valence-corrected chi connectivity index (χ3v) is 7.01. The van der Waals surface area contributed by atoms with Crippen LogP contribution in [0.15, 0.2) is 22.9 Å². The van der Waals surface area contributed by atoms with Crippen LogP contribution in [0.3, 0.4) is 0 Å². The Kier molecular flexibility index (Phi) is 8.41. The fraction of sp³-hybridized carbons (Fsp3) is 0.409. The molecule has 2 atom stereocenters. The Morgan fingerprint density at radius 1 is 1.50 bits per heavy atom. The number of hydrogen-bond donors (Lipinski definition) is 3. The van der Waals surface area contributed by atoms with Crippen molar-refractivity contribution in [2.24, 2.45) is 5.92 Å². The average molecular weight is 476 g/mol. The minimum Gasteiger partial charge on any atom is -0.449 e. The largest absolute Gasteiger partial charge is 0.449 e. The fourth-order valence-electron chi connectivity index (χ4n) is 3.45. The van der Waals surface area contributed by atoms with Crippen molar-refractivity contribution in [3.8, 4) is 6.07 Å². The van der Waals surface area contributed by atoms with Gasteiger partial charge in [-0.25, -0.2) is 4.79 Å². The van der Waals surface area contributed by atoms with E-state index in [-0.39, 0.29) is 25.0 Å². The summed E-state index contributed by atoms with van der Waals surface area (Å²) in [6, 6.07) is 4.13. The van der Waals surface area contributed by atoms with Crippen LogP contribution in [-0.4, -0.2) is 60.0 Å². The second-order valence-corrected chi connectivity index (χ2v) is 9.49. The van der Waals surface area contributed by atoms with Crippen LogP contribution < -0.4 is 5.32 Å². The van der Waals surface area contributed by atoms with Gasteiger partial charge in [-0.05, 0) is 59.2 Å². The van der Waals surface area contributed by atoms with Gasteiger partial charge in [0.05, 0.1) is 31.4 Å². The lowest BCUT2D eigenvalue weighted by molar-refractivity contribution is -0.111. The van der Waals surface area contributed by atoms with Crippen molar-refractivity contribution in [2.75, 3.05) is 32.1 Å². The molecule has 2 amide bonds. The smallest absolute Gasteiger partial charge is 0.409 e. The maximum Gasteiger partial charge on any atom is 0.409 e. The first kappa shape index (κ1) is 23.9. The molecule has 0 saturated heterocycles. The molecule has 8 nitrogen and oxygen atoms in total. The third-order valence-electron chi connectivity index (χ3n) is 5.14. The topological polar surface area (TPSA) is 123 Å². The summed E-state index contributed by atoms with van der Waals surface area (Å²) in [5.41, 5.74) is 2.42. The molecule has 2 unspecified atom stereocenters. The first-order chi connectivity index (χ1) is 15.4. The summed E-state index contributed by atoms with van der Waals surface area (Å²) in [5.74, 6) is -0.181. The predicted octanol–water partition coefficient (Wildman–Crippen LogP) is 2.86. The molecule has 32 heavy (non-hydrogen) atoms. The molecule has 0 aliphatic heterocycles. The standard InChI is InChI=1S/C22H25N3O5S2/c1-25(10-16(27)11-26)22(29)30-12-15-2-4-17-18(9-23)21(32-19(17)8-15)24-20(28)5-3-14-6-7-31-13-14/h3,5-7,13,15-16,26-27H,2,4,8,10-12H2,1H3,(H,24,28)/b5-3+. The van der Waals surface area contributed by atoms with E-state index < -0.39 is 18.8 Å². The molecule has 2 aromatic heterocycles. The van der Waals surface area contributed by atoms with Gasteiger partial charge in [0.2, 0.25) is 5.91 Å². The van der Waals surface area contributed by atoms with Gasteiger partial charge in [-0.15, -0.1) is 11.3 Å². The Bertz CT molecular complexity index is 1010. The summed E-state index contributed by atoms with van der Waals surface area (Å²) in [4.78, 5) is 26.6. The zero-order chi connectivity index (χ0) is 23.1. The highest BCUT2D eigenvalue weighted by molar-refractivity contribution is 7.16. The molecule has 1 aliphatic rings. The Balaban J connectivity index is 1.58. The number of nitrogens with zero attached hydrogens (tertiary/aromatic N) is 2. The molecule has 1 aliphatic carbocycles. The molecule has 0 aromatic carbocycles. The number of nitriles is 1. The van der Waals surface area contributed by atoms with Gasteiger partial charge in [-0.1, -0.05) is 0 Å². The van der Waals surface area contributed by atoms with Crippen molar-refractivity contribution in [3.63, 3.8) is 0 Å². The van der Waals surface area contributed by atoms with Gasteiger partial charge < -0.3 is 25.2 Å².